The standard InChI is InChI=1S/C15H14N4O3S3/c1-9(16-13(21)11-5-2-6-22-11)12(20)17-14-18-19-15(25-14)24-8-10-4-3-7-23-10/h2-7,9H,8H2,1H3,(H,16,21)(H,17,18,20). The van der Waals surface area contributed by atoms with E-state index in [1.165, 1.54) is 28.5 Å². The number of nitrogens with zero attached hydrogens (tertiary/aromatic N) is 2. The molecule has 7 nitrogen and oxygen atoms in total. The predicted octanol–water partition coefficient (Wildman–Crippen LogP) is 3.24. The highest BCUT2D eigenvalue weighted by molar-refractivity contribution is 8.00. The SMILES string of the molecule is CC(NC(=O)c1ccco1)C(=O)Nc1nnc(SCc2cccs2)s1. The Morgan fingerprint density at radius 2 is 2.20 bits per heavy atom. The van der Waals surface area contributed by atoms with Crippen LogP contribution in [-0.4, -0.2) is 28.1 Å². The maximum atomic E-state index is 12.1. The molecule has 130 valence electrons. The third-order valence-corrected chi connectivity index (χ3v) is 6.12. The van der Waals surface area contributed by atoms with Crippen LogP contribution >= 0.6 is 34.4 Å². The third-order valence-electron chi connectivity index (χ3n) is 3.04. The van der Waals surface area contributed by atoms with E-state index in [0.29, 0.717) is 5.13 Å². The van der Waals surface area contributed by atoms with E-state index in [2.05, 4.69) is 26.9 Å². The van der Waals surface area contributed by atoms with Crippen LogP contribution in [0.2, 0.25) is 0 Å². The number of thiophene rings is 1. The first kappa shape index (κ1) is 17.6. The van der Waals surface area contributed by atoms with Crippen molar-refractivity contribution in [3.8, 4) is 0 Å². The number of nitrogens with one attached hydrogen (secondary N) is 2. The first-order valence-corrected chi connectivity index (χ1v) is 9.94. The molecule has 25 heavy (non-hydrogen) atoms. The zero-order chi connectivity index (χ0) is 17.6. The smallest absolute Gasteiger partial charge is 0.287 e. The molecule has 3 aromatic heterocycles. The molecule has 3 rings (SSSR count). The zero-order valence-corrected chi connectivity index (χ0v) is 15.5. The second-order valence-electron chi connectivity index (χ2n) is 4.90. The lowest BCUT2D eigenvalue weighted by Crippen LogP contribution is -2.41. The molecule has 3 heterocycles. The van der Waals surface area contributed by atoms with Crippen LogP contribution in [0.3, 0.4) is 0 Å². The monoisotopic (exact) mass is 394 g/mol. The average Bonchev–Trinajstić information content (AvgIpc) is 3.34. The van der Waals surface area contributed by atoms with Gasteiger partial charge in [0.25, 0.3) is 5.91 Å². The first-order valence-electron chi connectivity index (χ1n) is 7.26. The molecule has 1 unspecified atom stereocenters. The van der Waals surface area contributed by atoms with E-state index in [9.17, 15) is 9.59 Å². The lowest BCUT2D eigenvalue weighted by Gasteiger charge is -2.11. The van der Waals surface area contributed by atoms with Crippen LogP contribution in [0.15, 0.2) is 44.7 Å². The number of furan rings is 1. The van der Waals surface area contributed by atoms with Crippen molar-refractivity contribution >= 4 is 51.4 Å². The summed E-state index contributed by atoms with van der Waals surface area (Å²) in [4.78, 5) is 25.3. The molecular weight excluding hydrogens is 380 g/mol. The minimum absolute atomic E-state index is 0.155. The van der Waals surface area contributed by atoms with Gasteiger partial charge in [-0.3, -0.25) is 14.9 Å². The van der Waals surface area contributed by atoms with Gasteiger partial charge >= 0.3 is 0 Å². The Bertz CT molecular complexity index is 830. The third kappa shape index (κ3) is 4.91. The molecule has 0 saturated carbocycles. The molecule has 0 aliphatic rings. The maximum absolute atomic E-state index is 12.1. The highest BCUT2D eigenvalue weighted by Crippen LogP contribution is 2.29. The quantitative estimate of drug-likeness (QED) is 0.472. The van der Waals surface area contributed by atoms with Crippen molar-refractivity contribution in [2.24, 2.45) is 0 Å². The predicted molar refractivity (Wildman–Crippen MR) is 98.1 cm³/mol. The van der Waals surface area contributed by atoms with E-state index >= 15 is 0 Å². The van der Waals surface area contributed by atoms with E-state index in [1.807, 2.05) is 11.4 Å². The lowest BCUT2D eigenvalue weighted by molar-refractivity contribution is -0.117. The number of hydrogen-bond acceptors (Lipinski definition) is 8. The molecule has 10 heteroatoms. The van der Waals surface area contributed by atoms with Crippen LogP contribution in [0.5, 0.6) is 0 Å². The van der Waals surface area contributed by atoms with E-state index in [4.69, 9.17) is 4.42 Å². The van der Waals surface area contributed by atoms with E-state index < -0.39 is 11.9 Å². The van der Waals surface area contributed by atoms with Crippen molar-refractivity contribution in [2.45, 2.75) is 23.1 Å². The van der Waals surface area contributed by atoms with Gasteiger partial charge in [-0.15, -0.1) is 21.5 Å². The van der Waals surface area contributed by atoms with Crippen LogP contribution < -0.4 is 10.6 Å². The molecular formula is C15H14N4O3S3. The Labute approximate surface area is 155 Å². The molecule has 1 atom stereocenters. The number of anilines is 1. The molecule has 0 aliphatic heterocycles. The van der Waals surface area contributed by atoms with Gasteiger partial charge in [0.2, 0.25) is 11.0 Å². The number of hydrogen-bond donors (Lipinski definition) is 2. The topological polar surface area (TPSA) is 97.1 Å². The van der Waals surface area contributed by atoms with Gasteiger partial charge in [-0.1, -0.05) is 29.2 Å². The summed E-state index contributed by atoms with van der Waals surface area (Å²) in [6.45, 7) is 1.59. The second kappa shape index (κ2) is 8.28. The molecule has 3 aromatic rings. The van der Waals surface area contributed by atoms with Gasteiger partial charge in [0.05, 0.1) is 6.26 Å². The molecule has 0 fully saturated rings. The van der Waals surface area contributed by atoms with Crippen LogP contribution in [0.4, 0.5) is 5.13 Å². The van der Waals surface area contributed by atoms with Crippen molar-refractivity contribution in [1.82, 2.24) is 15.5 Å². The normalized spacial score (nSPS) is 11.9. The summed E-state index contributed by atoms with van der Waals surface area (Å²) in [7, 11) is 0. The number of aromatic nitrogens is 2. The highest BCUT2D eigenvalue weighted by atomic mass is 32.2. The van der Waals surface area contributed by atoms with E-state index in [0.717, 1.165) is 10.1 Å². The van der Waals surface area contributed by atoms with Gasteiger partial charge in [0.1, 0.15) is 6.04 Å². The summed E-state index contributed by atoms with van der Waals surface area (Å²) in [5.41, 5.74) is 0. The molecule has 0 spiro atoms. The lowest BCUT2D eigenvalue weighted by atomic mass is 10.3. The number of rotatable bonds is 7. The Morgan fingerprint density at radius 1 is 1.32 bits per heavy atom. The van der Waals surface area contributed by atoms with Crippen LogP contribution in [0, 0.1) is 0 Å². The molecule has 0 bridgehead atoms. The van der Waals surface area contributed by atoms with Gasteiger partial charge in [-0.05, 0) is 30.5 Å². The first-order chi connectivity index (χ1) is 12.1. The summed E-state index contributed by atoms with van der Waals surface area (Å²) < 4.78 is 5.76. The Kier molecular flexibility index (Phi) is 5.84. The summed E-state index contributed by atoms with van der Waals surface area (Å²) in [6.07, 6.45) is 1.40. The summed E-state index contributed by atoms with van der Waals surface area (Å²) in [5, 5.41) is 15.6. The second-order valence-corrected chi connectivity index (χ2v) is 8.14. The van der Waals surface area contributed by atoms with Gasteiger partial charge in [-0.2, -0.15) is 0 Å². The molecule has 0 aromatic carbocycles. The Morgan fingerprint density at radius 3 is 2.92 bits per heavy atom. The van der Waals surface area contributed by atoms with E-state index in [-0.39, 0.29) is 11.7 Å². The summed E-state index contributed by atoms with van der Waals surface area (Å²) in [5.74, 6) is 0.154. The average molecular weight is 395 g/mol. The van der Waals surface area contributed by atoms with Crippen LogP contribution in [-0.2, 0) is 10.5 Å². The Balaban J connectivity index is 1.49. The summed E-state index contributed by atoms with van der Waals surface area (Å²) in [6, 6.07) is 6.47. The number of carbonyl (C=O) groups is 2. The van der Waals surface area contributed by atoms with Gasteiger partial charge in [-0.25, -0.2) is 0 Å². The minimum Gasteiger partial charge on any atom is -0.459 e. The largest absolute Gasteiger partial charge is 0.459 e. The van der Waals surface area contributed by atoms with Crippen LogP contribution in [0.1, 0.15) is 22.4 Å². The highest BCUT2D eigenvalue weighted by Gasteiger charge is 2.19. The van der Waals surface area contributed by atoms with Gasteiger partial charge in [0, 0.05) is 10.6 Å². The fourth-order valence-corrected chi connectivity index (χ4v) is 4.33. The Hall–Kier alpha value is -2.17. The molecule has 2 amide bonds. The molecule has 0 radical (unpaired) electrons. The van der Waals surface area contributed by atoms with Crippen molar-refractivity contribution in [2.75, 3.05) is 5.32 Å². The molecule has 2 N–H and O–H groups in total. The fourth-order valence-electron chi connectivity index (χ4n) is 1.80. The van der Waals surface area contributed by atoms with Crippen molar-refractivity contribution in [3.63, 3.8) is 0 Å². The minimum atomic E-state index is -0.733. The number of carbonyl (C=O) groups excluding carboxylic acids is 2. The zero-order valence-electron chi connectivity index (χ0n) is 13.1. The number of thioether (sulfide) groups is 1. The van der Waals surface area contributed by atoms with Crippen molar-refractivity contribution in [1.29, 1.82) is 0 Å². The molecule has 0 aliphatic carbocycles. The van der Waals surface area contributed by atoms with Gasteiger partial charge < -0.3 is 9.73 Å². The fraction of sp³-hybridized carbons (Fsp3) is 0.200. The van der Waals surface area contributed by atoms with Crippen molar-refractivity contribution in [3.05, 3.63) is 46.5 Å². The number of amides is 2. The van der Waals surface area contributed by atoms with E-state index in [1.54, 1.807) is 36.1 Å². The van der Waals surface area contributed by atoms with Gasteiger partial charge in [0.15, 0.2) is 10.1 Å². The van der Waals surface area contributed by atoms with Crippen molar-refractivity contribution < 1.29 is 14.0 Å². The van der Waals surface area contributed by atoms with Crippen LogP contribution in [0.25, 0.3) is 0 Å². The molecule has 0 saturated heterocycles. The summed E-state index contributed by atoms with van der Waals surface area (Å²) >= 11 is 4.55. The maximum Gasteiger partial charge on any atom is 0.287 e.